The van der Waals surface area contributed by atoms with E-state index in [1.165, 1.54) is 12.1 Å². The van der Waals surface area contributed by atoms with Gasteiger partial charge in [0.05, 0.1) is 21.9 Å². The van der Waals surface area contributed by atoms with Crippen LogP contribution in [0.5, 0.6) is 0 Å². The molecule has 1 saturated carbocycles. The van der Waals surface area contributed by atoms with Crippen LogP contribution in [0.3, 0.4) is 0 Å². The predicted octanol–water partition coefficient (Wildman–Crippen LogP) is 3.36. The molecule has 2 heterocycles. The number of hydrogen-bond donors (Lipinski definition) is 2. The van der Waals surface area contributed by atoms with Gasteiger partial charge >= 0.3 is 0 Å². The summed E-state index contributed by atoms with van der Waals surface area (Å²) in [6, 6.07) is 6.54. The fourth-order valence-electron chi connectivity index (χ4n) is 3.72. The summed E-state index contributed by atoms with van der Waals surface area (Å²) in [5, 5.41) is 9.53. The Labute approximate surface area is 179 Å². The van der Waals surface area contributed by atoms with E-state index < -0.39 is 10.0 Å². The molecule has 1 fully saturated rings. The summed E-state index contributed by atoms with van der Waals surface area (Å²) in [6.45, 7) is 0. The second-order valence-electron chi connectivity index (χ2n) is 7.34. The van der Waals surface area contributed by atoms with Crippen LogP contribution < -0.4 is 10.5 Å². The molecule has 30 heavy (non-hydrogen) atoms. The summed E-state index contributed by atoms with van der Waals surface area (Å²) in [5.74, 6) is 0.521. The first kappa shape index (κ1) is 20.9. The van der Waals surface area contributed by atoms with Gasteiger partial charge in [0, 0.05) is 31.1 Å². The van der Waals surface area contributed by atoms with Crippen molar-refractivity contribution in [1.82, 2.24) is 15.0 Å². The van der Waals surface area contributed by atoms with Gasteiger partial charge in [-0.05, 0) is 43.4 Å². The van der Waals surface area contributed by atoms with Crippen molar-refractivity contribution in [3.63, 3.8) is 0 Å². The zero-order valence-corrected chi connectivity index (χ0v) is 17.9. The fourth-order valence-corrected chi connectivity index (χ4v) is 4.42. The topological polar surface area (TPSA) is 120 Å². The second kappa shape index (κ2) is 8.43. The van der Waals surface area contributed by atoms with Gasteiger partial charge in [-0.1, -0.05) is 23.7 Å². The minimum Gasteiger partial charge on any atom is -0.381 e. The van der Waals surface area contributed by atoms with Crippen LogP contribution in [0.4, 0.5) is 5.95 Å². The van der Waals surface area contributed by atoms with Gasteiger partial charge in [-0.25, -0.2) is 28.5 Å². The zero-order valence-electron chi connectivity index (χ0n) is 16.4. The number of halogens is 1. The van der Waals surface area contributed by atoms with E-state index in [0.29, 0.717) is 28.1 Å². The summed E-state index contributed by atoms with van der Waals surface area (Å²) in [4.78, 5) is 13.4. The maximum absolute atomic E-state index is 11.5. The maximum atomic E-state index is 11.5. The quantitative estimate of drug-likeness (QED) is 0.575. The Morgan fingerprint density at radius 1 is 1.10 bits per heavy atom. The number of pyridine rings is 1. The van der Waals surface area contributed by atoms with E-state index in [2.05, 4.69) is 15.3 Å². The van der Waals surface area contributed by atoms with Gasteiger partial charge in [-0.2, -0.15) is 0 Å². The number of sulfonamides is 1. The van der Waals surface area contributed by atoms with E-state index in [4.69, 9.17) is 26.5 Å². The number of rotatable bonds is 5. The molecule has 3 aromatic rings. The number of primary sulfonamides is 1. The maximum Gasteiger partial charge on any atom is 0.238 e. The molecule has 1 aromatic carbocycles. The average Bonchev–Trinajstić information content (AvgIpc) is 2.74. The number of ether oxygens (including phenoxy) is 1. The Kier molecular flexibility index (Phi) is 5.88. The van der Waals surface area contributed by atoms with E-state index in [-0.39, 0.29) is 10.9 Å². The Bertz CT molecular complexity index is 1160. The lowest BCUT2D eigenvalue weighted by Gasteiger charge is -2.28. The highest BCUT2D eigenvalue weighted by molar-refractivity contribution is 7.89. The van der Waals surface area contributed by atoms with Crippen LogP contribution >= 0.6 is 11.6 Å². The molecule has 4 rings (SSSR count). The minimum absolute atomic E-state index is 0.0427. The number of nitrogens with zero attached hydrogens (tertiary/aromatic N) is 3. The normalized spacial score (nSPS) is 19.7. The third-order valence-electron chi connectivity index (χ3n) is 5.41. The van der Waals surface area contributed by atoms with E-state index in [0.717, 1.165) is 36.8 Å². The molecule has 0 radical (unpaired) electrons. The van der Waals surface area contributed by atoms with E-state index in [1.54, 1.807) is 31.6 Å². The number of benzene rings is 1. The van der Waals surface area contributed by atoms with E-state index in [9.17, 15) is 8.42 Å². The van der Waals surface area contributed by atoms with Crippen molar-refractivity contribution in [2.75, 3.05) is 12.4 Å². The molecule has 0 unspecified atom stereocenters. The summed E-state index contributed by atoms with van der Waals surface area (Å²) < 4.78 is 28.5. The monoisotopic (exact) mass is 447 g/mol. The van der Waals surface area contributed by atoms with Crippen LogP contribution in [0.1, 0.15) is 25.7 Å². The molecule has 2 aromatic heterocycles. The van der Waals surface area contributed by atoms with E-state index in [1.807, 2.05) is 0 Å². The number of aromatic nitrogens is 3. The Morgan fingerprint density at radius 2 is 1.80 bits per heavy atom. The number of nitrogens with two attached hydrogens (primary N) is 1. The lowest BCUT2D eigenvalue weighted by Crippen LogP contribution is -2.29. The van der Waals surface area contributed by atoms with Crippen LogP contribution in [-0.2, 0) is 14.8 Å². The third kappa shape index (κ3) is 4.39. The summed E-state index contributed by atoms with van der Waals surface area (Å²) >= 11 is 6.26. The predicted molar refractivity (Wildman–Crippen MR) is 116 cm³/mol. The van der Waals surface area contributed by atoms with Gasteiger partial charge in [0.1, 0.15) is 5.15 Å². The first-order valence-electron chi connectivity index (χ1n) is 9.59. The third-order valence-corrected chi connectivity index (χ3v) is 6.64. The first-order valence-corrected chi connectivity index (χ1v) is 11.5. The van der Waals surface area contributed by atoms with Crippen LogP contribution in [-0.4, -0.2) is 42.6 Å². The van der Waals surface area contributed by atoms with Crippen molar-refractivity contribution in [2.45, 2.75) is 42.7 Å². The molecular weight excluding hydrogens is 426 g/mol. The fraction of sp³-hybridized carbons (Fsp3) is 0.350. The molecule has 0 amide bonds. The molecule has 3 N–H and O–H groups in total. The molecular formula is C20H22ClN5O3S. The van der Waals surface area contributed by atoms with Gasteiger partial charge in [-0.15, -0.1) is 0 Å². The van der Waals surface area contributed by atoms with Crippen molar-refractivity contribution in [1.29, 1.82) is 0 Å². The molecule has 0 atom stereocenters. The van der Waals surface area contributed by atoms with Crippen LogP contribution in [0.25, 0.3) is 22.0 Å². The Balaban J connectivity index is 1.67. The van der Waals surface area contributed by atoms with E-state index >= 15 is 0 Å². The highest BCUT2D eigenvalue weighted by Crippen LogP contribution is 2.31. The minimum atomic E-state index is -3.76. The molecule has 0 bridgehead atoms. The smallest absolute Gasteiger partial charge is 0.238 e. The highest BCUT2D eigenvalue weighted by atomic mass is 35.5. The van der Waals surface area contributed by atoms with Crippen LogP contribution in [0.2, 0.25) is 5.15 Å². The van der Waals surface area contributed by atoms with Gasteiger partial charge in [0.25, 0.3) is 0 Å². The molecule has 0 aliphatic heterocycles. The largest absolute Gasteiger partial charge is 0.381 e. The molecule has 0 spiro atoms. The molecule has 0 saturated heterocycles. The number of fused-ring (bicyclic) bond motifs is 1. The Morgan fingerprint density at radius 3 is 2.43 bits per heavy atom. The summed E-state index contributed by atoms with van der Waals surface area (Å²) in [6.07, 6.45) is 7.56. The van der Waals surface area contributed by atoms with Crippen molar-refractivity contribution < 1.29 is 13.2 Å². The van der Waals surface area contributed by atoms with Gasteiger partial charge in [-0.3, -0.25) is 0 Å². The number of anilines is 1. The van der Waals surface area contributed by atoms with Crippen LogP contribution in [0, 0.1) is 0 Å². The molecule has 10 heteroatoms. The number of hydrogen-bond acceptors (Lipinski definition) is 7. The van der Waals surface area contributed by atoms with Crippen molar-refractivity contribution in [3.05, 3.63) is 41.8 Å². The lowest BCUT2D eigenvalue weighted by atomic mass is 9.93. The summed E-state index contributed by atoms with van der Waals surface area (Å²) in [5.41, 5.74) is 2.12. The first-order chi connectivity index (χ1) is 14.3. The van der Waals surface area contributed by atoms with Crippen molar-refractivity contribution >= 4 is 38.5 Å². The molecule has 158 valence electrons. The van der Waals surface area contributed by atoms with Gasteiger partial charge < -0.3 is 10.1 Å². The van der Waals surface area contributed by atoms with Gasteiger partial charge in [0.2, 0.25) is 16.0 Å². The zero-order chi connectivity index (χ0) is 21.3. The second-order valence-corrected chi connectivity index (χ2v) is 9.26. The highest BCUT2D eigenvalue weighted by Gasteiger charge is 2.22. The number of nitrogens with one attached hydrogen (secondary N) is 1. The molecule has 1 aliphatic carbocycles. The lowest BCUT2D eigenvalue weighted by molar-refractivity contribution is 0.0681. The van der Waals surface area contributed by atoms with Crippen LogP contribution in [0.15, 0.2) is 41.6 Å². The summed E-state index contributed by atoms with van der Waals surface area (Å²) in [7, 11) is -2.01. The number of methoxy groups -OCH3 is 1. The average molecular weight is 448 g/mol. The molecule has 1 aliphatic rings. The van der Waals surface area contributed by atoms with Gasteiger partial charge in [0.15, 0.2) is 0 Å². The standard InChI is InChI=1S/C20H22ClN5O3S/c1-29-14-6-4-13(5-7-14)25-20-24-11-17-18(26-20)16(10-23-19(17)21)12-2-8-15(9-3-12)30(22,27)28/h2-3,8-11,13-14H,4-7H2,1H3,(H2,22,27,28)(H,24,25,26). The van der Waals surface area contributed by atoms with Crippen molar-refractivity contribution in [2.24, 2.45) is 5.14 Å². The Hall–Kier alpha value is -2.33. The molecule has 8 nitrogen and oxygen atoms in total. The SMILES string of the molecule is COC1CCC(Nc2ncc3c(Cl)ncc(-c4ccc(S(N)(=O)=O)cc4)c3n2)CC1. The van der Waals surface area contributed by atoms with Crippen molar-refractivity contribution in [3.8, 4) is 11.1 Å².